The summed E-state index contributed by atoms with van der Waals surface area (Å²) in [5, 5.41) is 9.01. The van der Waals surface area contributed by atoms with Gasteiger partial charge in [0.15, 0.2) is 0 Å². The summed E-state index contributed by atoms with van der Waals surface area (Å²) in [7, 11) is 0. The molecule has 0 fully saturated rings. The Morgan fingerprint density at radius 3 is 2.88 bits per heavy atom. The van der Waals surface area contributed by atoms with Gasteiger partial charge in [0.2, 0.25) is 0 Å². The highest BCUT2D eigenvalue weighted by atomic mass is 14.7. The third-order valence-electron chi connectivity index (χ3n) is 3.04. The van der Waals surface area contributed by atoms with E-state index < -0.39 is 5.54 Å². The standard InChI is InChI=1S/C15H16N2/c1-11-4-3-5-13-7-6-12(10-16)9-15(2,17)14(13)8-11/h3-9,11H,17H2,1-2H3. The van der Waals surface area contributed by atoms with Gasteiger partial charge in [-0.2, -0.15) is 5.26 Å². The van der Waals surface area contributed by atoms with Gasteiger partial charge in [0.1, 0.15) is 0 Å². The molecule has 0 saturated heterocycles. The SMILES string of the molecule is CC1C=CC=C2C=CC(C#N)=CC(C)(N)C2=C1. The molecule has 2 nitrogen and oxygen atoms in total. The van der Waals surface area contributed by atoms with Crippen molar-refractivity contribution < 1.29 is 0 Å². The fraction of sp³-hybridized carbons (Fsp3) is 0.267. The van der Waals surface area contributed by atoms with E-state index in [1.807, 2.05) is 37.3 Å². The fourth-order valence-corrected chi connectivity index (χ4v) is 2.17. The Kier molecular flexibility index (Phi) is 2.87. The van der Waals surface area contributed by atoms with E-state index >= 15 is 0 Å². The first-order chi connectivity index (χ1) is 8.03. The van der Waals surface area contributed by atoms with Gasteiger partial charge in [-0.15, -0.1) is 0 Å². The van der Waals surface area contributed by atoms with E-state index in [-0.39, 0.29) is 0 Å². The Morgan fingerprint density at radius 1 is 1.41 bits per heavy atom. The van der Waals surface area contributed by atoms with Gasteiger partial charge in [-0.1, -0.05) is 37.3 Å². The van der Waals surface area contributed by atoms with Crippen molar-refractivity contribution in [2.45, 2.75) is 19.4 Å². The Balaban J connectivity index is 2.59. The molecule has 2 unspecified atom stereocenters. The lowest BCUT2D eigenvalue weighted by Gasteiger charge is -2.25. The minimum absolute atomic E-state index is 0.354. The molecule has 2 aliphatic carbocycles. The minimum atomic E-state index is -0.597. The fourth-order valence-electron chi connectivity index (χ4n) is 2.17. The van der Waals surface area contributed by atoms with Crippen molar-refractivity contribution in [3.8, 4) is 6.07 Å². The first-order valence-corrected chi connectivity index (χ1v) is 5.74. The predicted molar refractivity (Wildman–Crippen MR) is 69.9 cm³/mol. The number of nitrogens with two attached hydrogens (primary N) is 1. The van der Waals surface area contributed by atoms with Crippen LogP contribution in [0.25, 0.3) is 0 Å². The summed E-state index contributed by atoms with van der Waals surface area (Å²) in [5.74, 6) is 0.354. The van der Waals surface area contributed by atoms with Gasteiger partial charge in [0, 0.05) is 0 Å². The number of allylic oxidation sites excluding steroid dienone is 7. The molecule has 2 N–H and O–H groups in total. The molecule has 0 aliphatic heterocycles. The molecule has 17 heavy (non-hydrogen) atoms. The molecule has 0 heterocycles. The summed E-state index contributed by atoms with van der Waals surface area (Å²) >= 11 is 0. The maximum absolute atomic E-state index is 9.01. The zero-order chi connectivity index (χ0) is 12.5. The topological polar surface area (TPSA) is 49.8 Å². The lowest BCUT2D eigenvalue weighted by Crippen LogP contribution is -2.36. The molecule has 0 amide bonds. The van der Waals surface area contributed by atoms with Crippen molar-refractivity contribution in [1.29, 1.82) is 5.26 Å². The Hall–Kier alpha value is -1.85. The van der Waals surface area contributed by atoms with Crippen molar-refractivity contribution in [3.05, 3.63) is 59.3 Å². The van der Waals surface area contributed by atoms with Gasteiger partial charge in [-0.05, 0) is 36.1 Å². The highest BCUT2D eigenvalue weighted by Gasteiger charge is 2.26. The number of nitriles is 1. The third kappa shape index (κ3) is 2.30. The molecule has 0 spiro atoms. The van der Waals surface area contributed by atoms with E-state index in [1.165, 1.54) is 0 Å². The molecule has 0 aromatic heterocycles. The predicted octanol–water partition coefficient (Wildman–Crippen LogP) is 2.78. The summed E-state index contributed by atoms with van der Waals surface area (Å²) in [5.41, 5.74) is 8.50. The van der Waals surface area contributed by atoms with Crippen LogP contribution in [0.1, 0.15) is 13.8 Å². The van der Waals surface area contributed by atoms with Gasteiger partial charge in [-0.3, -0.25) is 0 Å². The number of rotatable bonds is 0. The third-order valence-corrected chi connectivity index (χ3v) is 3.04. The molecule has 0 bridgehead atoms. The van der Waals surface area contributed by atoms with Gasteiger partial charge in [0.05, 0.1) is 17.2 Å². The molecule has 2 rings (SSSR count). The minimum Gasteiger partial charge on any atom is -0.318 e. The van der Waals surface area contributed by atoms with Crippen LogP contribution in [0.4, 0.5) is 0 Å². The first kappa shape index (κ1) is 11.6. The van der Waals surface area contributed by atoms with Crippen LogP contribution in [0.2, 0.25) is 0 Å². The molecular formula is C15H16N2. The average Bonchev–Trinajstić information content (AvgIpc) is 2.51. The van der Waals surface area contributed by atoms with Crippen LogP contribution in [0.3, 0.4) is 0 Å². The zero-order valence-electron chi connectivity index (χ0n) is 10.1. The number of hydrogen-bond donors (Lipinski definition) is 1. The van der Waals surface area contributed by atoms with Gasteiger partial charge in [-0.25, -0.2) is 0 Å². The van der Waals surface area contributed by atoms with Crippen LogP contribution < -0.4 is 5.73 Å². The molecular weight excluding hydrogens is 208 g/mol. The summed E-state index contributed by atoms with van der Waals surface area (Å²) in [6, 6.07) is 2.16. The van der Waals surface area contributed by atoms with E-state index in [0.717, 1.165) is 11.1 Å². The molecule has 0 aromatic rings. The van der Waals surface area contributed by atoms with E-state index in [2.05, 4.69) is 25.1 Å². The summed E-state index contributed by atoms with van der Waals surface area (Å²) in [6.07, 6.45) is 14.0. The number of fused-ring (bicyclic) bond motifs is 1. The van der Waals surface area contributed by atoms with E-state index in [4.69, 9.17) is 11.0 Å². The van der Waals surface area contributed by atoms with Crippen LogP contribution in [-0.4, -0.2) is 5.54 Å². The van der Waals surface area contributed by atoms with Crippen LogP contribution in [0.15, 0.2) is 59.3 Å². The second kappa shape index (κ2) is 4.20. The smallest absolute Gasteiger partial charge is 0.0989 e. The van der Waals surface area contributed by atoms with Gasteiger partial charge < -0.3 is 5.73 Å². The number of hydrogen-bond acceptors (Lipinski definition) is 2. The molecule has 2 atom stereocenters. The van der Waals surface area contributed by atoms with Crippen molar-refractivity contribution in [2.75, 3.05) is 0 Å². The summed E-state index contributed by atoms with van der Waals surface area (Å²) in [4.78, 5) is 0. The van der Waals surface area contributed by atoms with Crippen molar-refractivity contribution in [3.63, 3.8) is 0 Å². The molecule has 2 heteroatoms. The maximum Gasteiger partial charge on any atom is 0.0989 e. The zero-order valence-corrected chi connectivity index (χ0v) is 10.1. The quantitative estimate of drug-likeness (QED) is 0.687. The van der Waals surface area contributed by atoms with Gasteiger partial charge >= 0.3 is 0 Å². The van der Waals surface area contributed by atoms with E-state index in [9.17, 15) is 0 Å². The Morgan fingerprint density at radius 2 is 2.18 bits per heavy atom. The maximum atomic E-state index is 9.01. The number of nitrogens with zero attached hydrogens (tertiary/aromatic N) is 1. The molecule has 0 aromatic carbocycles. The lowest BCUT2D eigenvalue weighted by molar-refractivity contribution is 0.687. The lowest BCUT2D eigenvalue weighted by atomic mass is 9.86. The molecule has 86 valence electrons. The highest BCUT2D eigenvalue weighted by molar-refractivity contribution is 5.57. The van der Waals surface area contributed by atoms with Crippen molar-refractivity contribution in [2.24, 2.45) is 11.7 Å². The normalized spacial score (nSPS) is 31.4. The van der Waals surface area contributed by atoms with Crippen LogP contribution in [0, 0.1) is 17.2 Å². The molecule has 2 aliphatic rings. The Bertz CT molecular complexity index is 520. The average molecular weight is 224 g/mol. The molecule has 0 saturated carbocycles. The summed E-state index contributed by atoms with van der Waals surface area (Å²) in [6.45, 7) is 4.06. The van der Waals surface area contributed by atoms with E-state index in [0.29, 0.717) is 11.5 Å². The summed E-state index contributed by atoms with van der Waals surface area (Å²) < 4.78 is 0. The van der Waals surface area contributed by atoms with Gasteiger partial charge in [0.25, 0.3) is 0 Å². The largest absolute Gasteiger partial charge is 0.318 e. The van der Waals surface area contributed by atoms with Crippen LogP contribution in [0.5, 0.6) is 0 Å². The highest BCUT2D eigenvalue weighted by Crippen LogP contribution is 2.31. The van der Waals surface area contributed by atoms with Crippen molar-refractivity contribution >= 4 is 0 Å². The second-order valence-electron chi connectivity index (χ2n) is 4.77. The monoisotopic (exact) mass is 224 g/mol. The molecule has 0 radical (unpaired) electrons. The Labute approximate surface area is 102 Å². The van der Waals surface area contributed by atoms with E-state index in [1.54, 1.807) is 0 Å². The second-order valence-corrected chi connectivity index (χ2v) is 4.77. The van der Waals surface area contributed by atoms with Crippen molar-refractivity contribution in [1.82, 2.24) is 0 Å². The van der Waals surface area contributed by atoms with Crippen LogP contribution in [-0.2, 0) is 0 Å². The van der Waals surface area contributed by atoms with Crippen LogP contribution >= 0.6 is 0 Å². The first-order valence-electron chi connectivity index (χ1n) is 5.74.